The van der Waals surface area contributed by atoms with Crippen LogP contribution in [-0.2, 0) is 6.42 Å². The Kier molecular flexibility index (Phi) is 6.11. The first-order valence-electron chi connectivity index (χ1n) is 8.78. The molecule has 144 valence electrons. The van der Waals surface area contributed by atoms with E-state index in [0.29, 0.717) is 16.3 Å². The zero-order valence-corrected chi connectivity index (χ0v) is 17.4. The maximum absolute atomic E-state index is 12.6. The molecule has 5 nitrogen and oxygen atoms in total. The number of phenols is 1. The van der Waals surface area contributed by atoms with Crippen LogP contribution in [0.25, 0.3) is 10.6 Å². The third kappa shape index (κ3) is 4.40. The number of amides is 1. The first kappa shape index (κ1) is 20.0. The van der Waals surface area contributed by atoms with E-state index in [2.05, 4.69) is 15.5 Å². The topological polar surface area (TPSA) is 74.6 Å². The molecule has 0 radical (unpaired) electrons. The number of aromatic hydroxyl groups is 1. The number of nitrogens with zero attached hydrogens (tertiary/aromatic N) is 2. The van der Waals surface area contributed by atoms with Crippen LogP contribution in [0.4, 0.5) is 0 Å². The second kappa shape index (κ2) is 8.54. The average molecular weight is 414 g/mol. The Hall–Kier alpha value is -2.70. The van der Waals surface area contributed by atoms with Gasteiger partial charge in [-0.15, -0.1) is 11.3 Å². The fourth-order valence-electron chi connectivity index (χ4n) is 2.76. The van der Waals surface area contributed by atoms with Gasteiger partial charge in [0.15, 0.2) is 0 Å². The summed E-state index contributed by atoms with van der Waals surface area (Å²) in [6.07, 6.45) is 2.21. The summed E-state index contributed by atoms with van der Waals surface area (Å²) < 4.78 is 0. The highest BCUT2D eigenvalue weighted by Crippen LogP contribution is 2.29. The van der Waals surface area contributed by atoms with Crippen molar-refractivity contribution < 1.29 is 9.90 Å². The van der Waals surface area contributed by atoms with E-state index >= 15 is 0 Å². The zero-order valence-electron chi connectivity index (χ0n) is 15.8. The molecule has 0 spiro atoms. The number of rotatable bonds is 5. The van der Waals surface area contributed by atoms with Gasteiger partial charge in [0.1, 0.15) is 15.6 Å². The van der Waals surface area contributed by atoms with Gasteiger partial charge in [0.05, 0.1) is 11.9 Å². The summed E-state index contributed by atoms with van der Waals surface area (Å²) in [6.45, 7) is 5.60. The van der Waals surface area contributed by atoms with Crippen molar-refractivity contribution in [2.75, 3.05) is 0 Å². The van der Waals surface area contributed by atoms with Crippen LogP contribution in [0.3, 0.4) is 0 Å². The van der Waals surface area contributed by atoms with Gasteiger partial charge < -0.3 is 5.11 Å². The lowest BCUT2D eigenvalue weighted by molar-refractivity contribution is 0.0958. The minimum absolute atomic E-state index is 0.271. The molecule has 0 aliphatic heterocycles. The molecule has 0 saturated heterocycles. The number of carbonyl (C=O) groups is 1. The Morgan fingerprint density at radius 3 is 2.50 bits per heavy atom. The minimum atomic E-state index is -0.293. The Balaban J connectivity index is 1.78. The number of phenolic OH excluding ortho intramolecular Hbond substituents is 1. The van der Waals surface area contributed by atoms with Crippen LogP contribution in [0, 0.1) is 13.8 Å². The lowest BCUT2D eigenvalue weighted by atomic mass is 10.1. The van der Waals surface area contributed by atoms with E-state index in [1.54, 1.807) is 30.5 Å². The summed E-state index contributed by atoms with van der Waals surface area (Å²) in [7, 11) is 0. The van der Waals surface area contributed by atoms with E-state index in [-0.39, 0.29) is 11.7 Å². The number of benzene rings is 2. The number of hydrazone groups is 1. The SMILES string of the molecule is CCc1nc(-c2ccc(Cl)cc2)sc1C(=O)N/N=C/c1cc(C)c(O)c(C)c1. The molecule has 3 aromatic rings. The number of halogens is 1. The predicted octanol–water partition coefficient (Wildman–Crippen LogP) is 5.11. The van der Waals surface area contributed by atoms with Crippen molar-refractivity contribution in [3.63, 3.8) is 0 Å². The van der Waals surface area contributed by atoms with E-state index in [1.165, 1.54) is 11.3 Å². The van der Waals surface area contributed by atoms with Gasteiger partial charge in [-0.05, 0) is 61.2 Å². The largest absolute Gasteiger partial charge is 0.507 e. The van der Waals surface area contributed by atoms with Crippen LogP contribution < -0.4 is 5.43 Å². The molecule has 7 heteroatoms. The normalized spacial score (nSPS) is 11.1. The van der Waals surface area contributed by atoms with E-state index < -0.39 is 0 Å². The molecular formula is C21H20ClN3O2S. The Morgan fingerprint density at radius 1 is 1.25 bits per heavy atom. The minimum Gasteiger partial charge on any atom is -0.507 e. The molecule has 3 rings (SSSR count). The summed E-state index contributed by atoms with van der Waals surface area (Å²) in [5.74, 6) is -0.0220. The second-order valence-electron chi connectivity index (χ2n) is 6.36. The van der Waals surface area contributed by atoms with E-state index in [0.717, 1.165) is 33.0 Å². The molecular weight excluding hydrogens is 394 g/mol. The van der Waals surface area contributed by atoms with Gasteiger partial charge in [-0.25, -0.2) is 10.4 Å². The van der Waals surface area contributed by atoms with Crippen molar-refractivity contribution in [1.29, 1.82) is 0 Å². The van der Waals surface area contributed by atoms with E-state index in [4.69, 9.17) is 11.6 Å². The smallest absolute Gasteiger partial charge is 0.283 e. The van der Waals surface area contributed by atoms with Crippen molar-refractivity contribution in [1.82, 2.24) is 10.4 Å². The molecule has 0 saturated carbocycles. The number of nitrogens with one attached hydrogen (secondary N) is 1. The molecule has 0 atom stereocenters. The van der Waals surface area contributed by atoms with Gasteiger partial charge in [-0.3, -0.25) is 4.79 Å². The highest BCUT2D eigenvalue weighted by molar-refractivity contribution is 7.17. The van der Waals surface area contributed by atoms with Crippen LogP contribution in [0.2, 0.25) is 5.02 Å². The molecule has 0 aliphatic carbocycles. The molecule has 28 heavy (non-hydrogen) atoms. The quantitative estimate of drug-likeness (QED) is 0.450. The van der Waals surface area contributed by atoms with Gasteiger partial charge in [-0.2, -0.15) is 5.10 Å². The fraction of sp³-hybridized carbons (Fsp3) is 0.190. The fourth-order valence-corrected chi connectivity index (χ4v) is 3.94. The standard InChI is InChI=1S/C21H20ClN3O2S/c1-4-17-19(28-21(24-17)15-5-7-16(22)8-6-15)20(27)25-23-11-14-9-12(2)18(26)13(3)10-14/h5-11,26H,4H2,1-3H3,(H,25,27)/b23-11+. The highest BCUT2D eigenvalue weighted by atomic mass is 35.5. The Bertz CT molecular complexity index is 1020. The van der Waals surface area contributed by atoms with Crippen molar-refractivity contribution in [3.05, 3.63) is 68.7 Å². The summed E-state index contributed by atoms with van der Waals surface area (Å²) in [4.78, 5) is 17.7. The molecule has 1 aromatic heterocycles. The molecule has 1 amide bonds. The van der Waals surface area contributed by atoms with Crippen molar-refractivity contribution in [3.8, 4) is 16.3 Å². The number of aryl methyl sites for hydroxylation is 3. The molecule has 1 heterocycles. The van der Waals surface area contributed by atoms with Crippen LogP contribution in [0.15, 0.2) is 41.5 Å². The Labute approximate surface area is 172 Å². The number of hydrogen-bond acceptors (Lipinski definition) is 5. The summed E-state index contributed by atoms with van der Waals surface area (Å²) in [5, 5.41) is 15.3. The van der Waals surface area contributed by atoms with Crippen LogP contribution in [0.1, 0.15) is 39.0 Å². The first-order valence-corrected chi connectivity index (χ1v) is 9.97. The third-order valence-corrected chi connectivity index (χ3v) is 5.62. The molecule has 0 fully saturated rings. The molecule has 0 unspecified atom stereocenters. The van der Waals surface area contributed by atoms with E-state index in [1.807, 2.05) is 32.9 Å². The van der Waals surface area contributed by atoms with Crippen LogP contribution >= 0.6 is 22.9 Å². The highest BCUT2D eigenvalue weighted by Gasteiger charge is 2.17. The van der Waals surface area contributed by atoms with Gasteiger partial charge in [0.25, 0.3) is 5.91 Å². The summed E-state index contributed by atoms with van der Waals surface area (Å²) in [6, 6.07) is 11.0. The predicted molar refractivity (Wildman–Crippen MR) is 115 cm³/mol. The average Bonchev–Trinajstić information content (AvgIpc) is 3.11. The van der Waals surface area contributed by atoms with Gasteiger partial charge >= 0.3 is 0 Å². The van der Waals surface area contributed by atoms with Crippen molar-refractivity contribution in [2.45, 2.75) is 27.2 Å². The lowest BCUT2D eigenvalue weighted by Crippen LogP contribution is -2.17. The lowest BCUT2D eigenvalue weighted by Gasteiger charge is -2.04. The molecule has 0 bridgehead atoms. The molecule has 0 aliphatic rings. The maximum atomic E-state index is 12.6. The molecule has 2 aromatic carbocycles. The van der Waals surface area contributed by atoms with Crippen molar-refractivity contribution >= 4 is 35.1 Å². The number of thiazole rings is 1. The van der Waals surface area contributed by atoms with Crippen molar-refractivity contribution in [2.24, 2.45) is 5.10 Å². The number of carbonyl (C=O) groups excluding carboxylic acids is 1. The summed E-state index contributed by atoms with van der Waals surface area (Å²) in [5.41, 5.74) is 6.54. The number of hydrogen-bond donors (Lipinski definition) is 2. The van der Waals surface area contributed by atoms with E-state index in [9.17, 15) is 9.90 Å². The summed E-state index contributed by atoms with van der Waals surface area (Å²) >= 11 is 7.27. The van der Waals surface area contributed by atoms with Crippen LogP contribution in [0.5, 0.6) is 5.75 Å². The Morgan fingerprint density at radius 2 is 1.89 bits per heavy atom. The molecule has 2 N–H and O–H groups in total. The first-order chi connectivity index (χ1) is 13.4. The number of aromatic nitrogens is 1. The third-order valence-electron chi connectivity index (χ3n) is 4.22. The zero-order chi connectivity index (χ0) is 20.3. The second-order valence-corrected chi connectivity index (χ2v) is 7.79. The monoisotopic (exact) mass is 413 g/mol. The van der Waals surface area contributed by atoms with Gasteiger partial charge in [-0.1, -0.05) is 30.7 Å². The van der Waals surface area contributed by atoms with Gasteiger partial charge in [0.2, 0.25) is 0 Å². The van der Waals surface area contributed by atoms with Gasteiger partial charge in [0, 0.05) is 10.6 Å². The van der Waals surface area contributed by atoms with Crippen LogP contribution in [-0.4, -0.2) is 22.2 Å². The maximum Gasteiger partial charge on any atom is 0.283 e.